The van der Waals surface area contributed by atoms with Crippen LogP contribution in [0.15, 0.2) is 0 Å². The summed E-state index contributed by atoms with van der Waals surface area (Å²) in [4.78, 5) is 0. The molecule has 4 atom stereocenters. The molecule has 2 fully saturated rings. The molecule has 1 N–H and O–H groups in total. The van der Waals surface area contributed by atoms with Gasteiger partial charge in [-0.05, 0) is 51.0 Å². The molecule has 0 amide bonds. The van der Waals surface area contributed by atoms with Gasteiger partial charge in [0.25, 0.3) is 0 Å². The minimum absolute atomic E-state index is 0.411. The van der Waals surface area contributed by atoms with E-state index in [4.69, 9.17) is 16.3 Å². The van der Waals surface area contributed by atoms with E-state index in [1.807, 2.05) is 7.11 Å². The highest BCUT2D eigenvalue weighted by Crippen LogP contribution is 2.30. The lowest BCUT2D eigenvalue weighted by molar-refractivity contribution is 0.0583. The minimum Gasteiger partial charge on any atom is -0.381 e. The molecule has 2 rings (SSSR count). The first-order valence-electron chi connectivity index (χ1n) is 6.70. The molecule has 16 heavy (non-hydrogen) atoms. The molecule has 2 nitrogen and oxygen atoms in total. The Morgan fingerprint density at radius 2 is 2.00 bits per heavy atom. The van der Waals surface area contributed by atoms with Crippen molar-refractivity contribution in [2.45, 2.75) is 62.5 Å². The van der Waals surface area contributed by atoms with E-state index in [1.165, 1.54) is 44.9 Å². The van der Waals surface area contributed by atoms with Crippen LogP contribution in [0.4, 0.5) is 0 Å². The summed E-state index contributed by atoms with van der Waals surface area (Å²) in [5.41, 5.74) is 0. The van der Waals surface area contributed by atoms with Crippen molar-refractivity contribution >= 4 is 11.6 Å². The van der Waals surface area contributed by atoms with E-state index >= 15 is 0 Å². The number of nitrogens with one attached hydrogen (secondary N) is 1. The second kappa shape index (κ2) is 6.23. The van der Waals surface area contributed by atoms with Crippen LogP contribution in [-0.4, -0.2) is 31.2 Å². The normalized spacial score (nSPS) is 40.1. The highest BCUT2D eigenvalue weighted by atomic mass is 35.5. The molecule has 2 aliphatic rings. The van der Waals surface area contributed by atoms with Gasteiger partial charge in [0.2, 0.25) is 0 Å². The van der Waals surface area contributed by atoms with Gasteiger partial charge in [-0.3, -0.25) is 0 Å². The Hall–Kier alpha value is 0.210. The first kappa shape index (κ1) is 12.7. The predicted molar refractivity (Wildman–Crippen MR) is 68.0 cm³/mol. The molecule has 94 valence electrons. The lowest BCUT2D eigenvalue weighted by Crippen LogP contribution is -2.39. The molecule has 2 saturated carbocycles. The fraction of sp³-hybridized carbons (Fsp3) is 1.00. The standard InChI is InChI=1S/C13H24ClNO/c1-16-12-6-3-5-11(8-12)15-9-10-4-2-7-13(10)14/h10-13,15H,2-9H2,1H3. The molecular formula is C13H24ClNO. The molecule has 0 bridgehead atoms. The van der Waals surface area contributed by atoms with Crippen molar-refractivity contribution in [3.05, 3.63) is 0 Å². The molecule has 0 aromatic rings. The zero-order valence-corrected chi connectivity index (χ0v) is 11.0. The summed E-state index contributed by atoms with van der Waals surface area (Å²) in [5.74, 6) is 0.699. The Balaban J connectivity index is 1.68. The third kappa shape index (κ3) is 3.35. The van der Waals surface area contributed by atoms with Crippen molar-refractivity contribution in [3.8, 4) is 0 Å². The number of hydrogen-bond donors (Lipinski definition) is 1. The highest BCUT2D eigenvalue weighted by molar-refractivity contribution is 6.20. The number of alkyl halides is 1. The Bertz CT molecular complexity index is 212. The molecule has 3 heteroatoms. The van der Waals surface area contributed by atoms with E-state index in [1.54, 1.807) is 0 Å². The Labute approximate surface area is 104 Å². The minimum atomic E-state index is 0.411. The lowest BCUT2D eigenvalue weighted by atomic mass is 9.92. The van der Waals surface area contributed by atoms with Crippen LogP contribution in [0.1, 0.15) is 44.9 Å². The van der Waals surface area contributed by atoms with E-state index in [2.05, 4.69) is 5.32 Å². The first-order valence-corrected chi connectivity index (χ1v) is 7.13. The first-order chi connectivity index (χ1) is 7.79. The largest absolute Gasteiger partial charge is 0.381 e. The third-order valence-electron chi connectivity index (χ3n) is 4.19. The zero-order valence-electron chi connectivity index (χ0n) is 10.3. The molecule has 0 saturated heterocycles. The third-order valence-corrected chi connectivity index (χ3v) is 4.77. The summed E-state index contributed by atoms with van der Waals surface area (Å²) in [6.45, 7) is 1.11. The molecule has 2 aliphatic carbocycles. The molecule has 0 aromatic carbocycles. The number of halogens is 1. The summed E-state index contributed by atoms with van der Waals surface area (Å²) >= 11 is 6.29. The number of methoxy groups -OCH3 is 1. The van der Waals surface area contributed by atoms with Crippen molar-refractivity contribution in [1.29, 1.82) is 0 Å². The van der Waals surface area contributed by atoms with Gasteiger partial charge in [0, 0.05) is 18.5 Å². The van der Waals surface area contributed by atoms with Gasteiger partial charge >= 0.3 is 0 Å². The quantitative estimate of drug-likeness (QED) is 0.769. The van der Waals surface area contributed by atoms with Gasteiger partial charge in [0.1, 0.15) is 0 Å². The number of rotatable bonds is 4. The van der Waals surface area contributed by atoms with Crippen LogP contribution in [0.3, 0.4) is 0 Å². The Morgan fingerprint density at radius 1 is 1.19 bits per heavy atom. The maximum absolute atomic E-state index is 6.29. The number of hydrogen-bond acceptors (Lipinski definition) is 2. The zero-order chi connectivity index (χ0) is 11.4. The van der Waals surface area contributed by atoms with Crippen molar-refractivity contribution in [2.75, 3.05) is 13.7 Å². The molecule has 0 aliphatic heterocycles. The van der Waals surface area contributed by atoms with Crippen molar-refractivity contribution in [2.24, 2.45) is 5.92 Å². The van der Waals surface area contributed by atoms with E-state index in [-0.39, 0.29) is 0 Å². The van der Waals surface area contributed by atoms with Gasteiger partial charge in [-0.25, -0.2) is 0 Å². The summed E-state index contributed by atoms with van der Waals surface area (Å²) in [6, 6.07) is 0.656. The van der Waals surface area contributed by atoms with E-state index in [0.29, 0.717) is 23.4 Å². The maximum Gasteiger partial charge on any atom is 0.0586 e. The van der Waals surface area contributed by atoms with Crippen LogP contribution in [0, 0.1) is 5.92 Å². The van der Waals surface area contributed by atoms with E-state index in [0.717, 1.165) is 6.54 Å². The van der Waals surface area contributed by atoms with Crippen LogP contribution in [-0.2, 0) is 4.74 Å². The molecule has 0 spiro atoms. The average molecular weight is 246 g/mol. The smallest absolute Gasteiger partial charge is 0.0586 e. The van der Waals surface area contributed by atoms with Gasteiger partial charge in [-0.15, -0.1) is 11.6 Å². The van der Waals surface area contributed by atoms with Crippen molar-refractivity contribution in [1.82, 2.24) is 5.32 Å². The fourth-order valence-electron chi connectivity index (χ4n) is 3.08. The molecule has 0 aromatic heterocycles. The second-order valence-corrected chi connectivity index (χ2v) is 5.90. The summed E-state index contributed by atoms with van der Waals surface area (Å²) in [6.07, 6.45) is 9.31. The van der Waals surface area contributed by atoms with Crippen LogP contribution in [0.5, 0.6) is 0 Å². The molecule has 0 heterocycles. The molecule has 4 unspecified atom stereocenters. The van der Waals surface area contributed by atoms with Crippen LogP contribution in [0.2, 0.25) is 0 Å². The van der Waals surface area contributed by atoms with Gasteiger partial charge in [-0.2, -0.15) is 0 Å². The van der Waals surface area contributed by atoms with Crippen molar-refractivity contribution < 1.29 is 4.74 Å². The SMILES string of the molecule is COC1CCCC(NCC2CCCC2Cl)C1. The van der Waals surface area contributed by atoms with Crippen molar-refractivity contribution in [3.63, 3.8) is 0 Å². The van der Waals surface area contributed by atoms with E-state index < -0.39 is 0 Å². The monoisotopic (exact) mass is 245 g/mol. The maximum atomic E-state index is 6.29. The summed E-state index contributed by atoms with van der Waals surface area (Å²) in [5, 5.41) is 4.11. The van der Waals surface area contributed by atoms with Gasteiger partial charge < -0.3 is 10.1 Å². The van der Waals surface area contributed by atoms with Gasteiger partial charge in [-0.1, -0.05) is 6.42 Å². The van der Waals surface area contributed by atoms with Gasteiger partial charge in [0.15, 0.2) is 0 Å². The Kier molecular flexibility index (Phi) is 4.93. The summed E-state index contributed by atoms with van der Waals surface area (Å²) in [7, 11) is 1.83. The molecule has 0 radical (unpaired) electrons. The Morgan fingerprint density at radius 3 is 2.69 bits per heavy atom. The van der Waals surface area contributed by atoms with E-state index in [9.17, 15) is 0 Å². The van der Waals surface area contributed by atoms with Gasteiger partial charge in [0.05, 0.1) is 6.10 Å². The second-order valence-electron chi connectivity index (χ2n) is 5.34. The summed E-state index contributed by atoms with van der Waals surface area (Å²) < 4.78 is 5.45. The topological polar surface area (TPSA) is 21.3 Å². The lowest BCUT2D eigenvalue weighted by Gasteiger charge is -2.30. The highest BCUT2D eigenvalue weighted by Gasteiger charge is 2.27. The van der Waals surface area contributed by atoms with Crippen LogP contribution in [0.25, 0.3) is 0 Å². The molecular weight excluding hydrogens is 222 g/mol. The predicted octanol–water partition coefficient (Wildman–Crippen LogP) is 2.94. The van der Waals surface area contributed by atoms with Crippen LogP contribution < -0.4 is 5.32 Å². The number of ether oxygens (including phenoxy) is 1. The fourth-order valence-corrected chi connectivity index (χ4v) is 3.45. The van der Waals surface area contributed by atoms with Crippen LogP contribution >= 0.6 is 11.6 Å². The average Bonchev–Trinajstić information content (AvgIpc) is 2.72.